The van der Waals surface area contributed by atoms with Gasteiger partial charge in [-0.1, -0.05) is 0 Å². The molecule has 0 spiro atoms. The van der Waals surface area contributed by atoms with Crippen molar-refractivity contribution >= 4 is 16.7 Å². The fourth-order valence-electron chi connectivity index (χ4n) is 1.04. The topological polar surface area (TPSA) is 72.2 Å². The average Bonchev–Trinajstić information content (AvgIpc) is 1.98. The highest BCUT2D eigenvalue weighted by molar-refractivity contribution is 7.84. The maximum atomic E-state index is 11.2. The van der Waals surface area contributed by atoms with E-state index >= 15 is 0 Å². The van der Waals surface area contributed by atoms with Crippen molar-refractivity contribution in [3.63, 3.8) is 0 Å². The van der Waals surface area contributed by atoms with Crippen LogP contribution in [0, 0.1) is 0 Å². The number of nitrogens with one attached hydrogen (secondary N) is 1. The van der Waals surface area contributed by atoms with Gasteiger partial charge in [-0.3, -0.25) is 9.00 Å². The Bertz CT molecular complexity index is 207. The molecule has 1 amide bonds. The van der Waals surface area contributed by atoms with Gasteiger partial charge in [-0.15, -0.1) is 0 Å². The largest absolute Gasteiger partial charge is 0.354 e. The molecule has 0 bridgehead atoms. The molecule has 0 saturated carbocycles. The first-order valence-corrected chi connectivity index (χ1v) is 6.49. The van der Waals surface area contributed by atoms with Crippen molar-refractivity contribution in [2.45, 2.75) is 38.8 Å². The quantitative estimate of drug-likeness (QED) is 0.661. The van der Waals surface area contributed by atoms with Crippen molar-refractivity contribution in [2.75, 3.05) is 12.0 Å². The minimum absolute atomic E-state index is 0.0330. The molecule has 0 fully saturated rings. The Morgan fingerprint density at radius 2 is 2.07 bits per heavy atom. The van der Waals surface area contributed by atoms with E-state index in [1.807, 2.05) is 6.92 Å². The Morgan fingerprint density at radius 3 is 2.50 bits per heavy atom. The van der Waals surface area contributed by atoms with Gasteiger partial charge in [-0.05, 0) is 20.3 Å². The highest BCUT2D eigenvalue weighted by Gasteiger charge is 2.09. The lowest BCUT2D eigenvalue weighted by atomic mass is 10.2. The van der Waals surface area contributed by atoms with Crippen LogP contribution in [-0.4, -0.2) is 34.2 Å². The van der Waals surface area contributed by atoms with E-state index in [0.717, 1.165) is 6.42 Å². The van der Waals surface area contributed by atoms with Gasteiger partial charge < -0.3 is 11.1 Å². The molecular formula is C9H20N2O2S. The van der Waals surface area contributed by atoms with E-state index in [-0.39, 0.29) is 18.0 Å². The monoisotopic (exact) mass is 220 g/mol. The third-order valence-electron chi connectivity index (χ3n) is 1.75. The van der Waals surface area contributed by atoms with Crippen LogP contribution in [0.15, 0.2) is 0 Å². The SMILES string of the molecule is CC(N)CC(=O)NC(C)CCS(C)=O. The smallest absolute Gasteiger partial charge is 0.221 e. The van der Waals surface area contributed by atoms with Crippen LogP contribution in [0.2, 0.25) is 0 Å². The zero-order valence-corrected chi connectivity index (χ0v) is 9.89. The molecule has 0 aromatic rings. The standard InChI is InChI=1S/C9H20N2O2S/c1-7(10)6-9(12)11-8(2)4-5-14(3)13/h7-8H,4-6,10H2,1-3H3,(H,11,12). The first-order chi connectivity index (χ1) is 6.41. The normalized spacial score (nSPS) is 17.1. The second-order valence-corrected chi connectivity index (χ2v) is 5.27. The molecule has 3 atom stereocenters. The molecule has 3 N–H and O–H groups in total. The summed E-state index contributed by atoms with van der Waals surface area (Å²) >= 11 is 0. The van der Waals surface area contributed by atoms with Crippen molar-refractivity contribution in [1.29, 1.82) is 0 Å². The maximum Gasteiger partial charge on any atom is 0.221 e. The molecule has 0 aliphatic heterocycles. The molecule has 0 heterocycles. The number of hydrogen-bond donors (Lipinski definition) is 2. The number of hydrogen-bond acceptors (Lipinski definition) is 3. The van der Waals surface area contributed by atoms with Gasteiger partial charge in [-0.25, -0.2) is 0 Å². The van der Waals surface area contributed by atoms with Crippen LogP contribution in [0.3, 0.4) is 0 Å². The minimum Gasteiger partial charge on any atom is -0.354 e. The number of amides is 1. The van der Waals surface area contributed by atoms with Crippen LogP contribution in [-0.2, 0) is 15.6 Å². The lowest BCUT2D eigenvalue weighted by molar-refractivity contribution is -0.121. The molecule has 3 unspecified atom stereocenters. The number of nitrogens with two attached hydrogens (primary N) is 1. The van der Waals surface area contributed by atoms with Crippen molar-refractivity contribution in [2.24, 2.45) is 5.73 Å². The van der Waals surface area contributed by atoms with Gasteiger partial charge in [0.2, 0.25) is 5.91 Å². The molecule has 4 nitrogen and oxygen atoms in total. The van der Waals surface area contributed by atoms with Crippen LogP contribution >= 0.6 is 0 Å². The number of carbonyl (C=O) groups is 1. The molecular weight excluding hydrogens is 200 g/mol. The van der Waals surface area contributed by atoms with E-state index in [4.69, 9.17) is 5.73 Å². The van der Waals surface area contributed by atoms with E-state index in [0.29, 0.717) is 12.2 Å². The fourth-order valence-corrected chi connectivity index (χ4v) is 1.73. The summed E-state index contributed by atoms with van der Waals surface area (Å²) in [4.78, 5) is 11.2. The van der Waals surface area contributed by atoms with Crippen LogP contribution < -0.4 is 11.1 Å². The Labute approximate surface area is 88.1 Å². The van der Waals surface area contributed by atoms with Gasteiger partial charge >= 0.3 is 0 Å². The van der Waals surface area contributed by atoms with E-state index in [1.165, 1.54) is 0 Å². The number of carbonyl (C=O) groups excluding carboxylic acids is 1. The van der Waals surface area contributed by atoms with Gasteiger partial charge in [0.25, 0.3) is 0 Å². The third kappa shape index (κ3) is 8.19. The summed E-state index contributed by atoms with van der Waals surface area (Å²) in [5, 5.41) is 2.81. The summed E-state index contributed by atoms with van der Waals surface area (Å²) in [6.45, 7) is 3.71. The second-order valence-electron chi connectivity index (χ2n) is 3.72. The van der Waals surface area contributed by atoms with E-state index in [9.17, 15) is 9.00 Å². The molecule has 14 heavy (non-hydrogen) atoms. The molecule has 0 saturated heterocycles. The summed E-state index contributed by atoms with van der Waals surface area (Å²) in [6.07, 6.45) is 2.75. The van der Waals surface area contributed by atoms with Crippen LogP contribution in [0.25, 0.3) is 0 Å². The Hall–Kier alpha value is -0.420. The predicted molar refractivity (Wildman–Crippen MR) is 59.4 cm³/mol. The summed E-state index contributed by atoms with van der Waals surface area (Å²) in [7, 11) is -0.788. The maximum absolute atomic E-state index is 11.2. The van der Waals surface area contributed by atoms with Crippen molar-refractivity contribution in [3.8, 4) is 0 Å². The molecule has 0 aliphatic carbocycles. The lowest BCUT2D eigenvalue weighted by Crippen LogP contribution is -2.36. The summed E-state index contributed by atoms with van der Waals surface area (Å²) in [5.74, 6) is 0.592. The van der Waals surface area contributed by atoms with Gasteiger partial charge in [0.1, 0.15) is 0 Å². The Kier molecular flexibility index (Phi) is 6.74. The number of rotatable bonds is 6. The minimum atomic E-state index is -0.788. The molecule has 84 valence electrons. The fraction of sp³-hybridized carbons (Fsp3) is 0.889. The van der Waals surface area contributed by atoms with Crippen molar-refractivity contribution in [3.05, 3.63) is 0 Å². The van der Waals surface area contributed by atoms with Gasteiger partial charge in [0.15, 0.2) is 0 Å². The first-order valence-electron chi connectivity index (χ1n) is 4.76. The van der Waals surface area contributed by atoms with E-state index < -0.39 is 10.8 Å². The Balaban J connectivity index is 3.65. The van der Waals surface area contributed by atoms with E-state index in [1.54, 1.807) is 13.2 Å². The molecule has 0 aromatic heterocycles. The predicted octanol–water partition coefficient (Wildman–Crippen LogP) is -0.00300. The van der Waals surface area contributed by atoms with Gasteiger partial charge in [-0.2, -0.15) is 0 Å². The molecule has 5 heteroatoms. The first kappa shape index (κ1) is 13.6. The zero-order valence-electron chi connectivity index (χ0n) is 9.08. The van der Waals surface area contributed by atoms with Crippen LogP contribution in [0.4, 0.5) is 0 Å². The van der Waals surface area contributed by atoms with Crippen LogP contribution in [0.1, 0.15) is 26.7 Å². The highest BCUT2D eigenvalue weighted by atomic mass is 32.2. The molecule has 0 aliphatic rings. The van der Waals surface area contributed by atoms with Crippen molar-refractivity contribution in [1.82, 2.24) is 5.32 Å². The summed E-state index contributed by atoms with van der Waals surface area (Å²) in [5.41, 5.74) is 5.48. The lowest BCUT2D eigenvalue weighted by Gasteiger charge is -2.13. The Morgan fingerprint density at radius 1 is 1.50 bits per heavy atom. The molecule has 0 radical (unpaired) electrons. The third-order valence-corrected chi connectivity index (χ3v) is 2.56. The zero-order chi connectivity index (χ0) is 11.1. The van der Waals surface area contributed by atoms with Gasteiger partial charge in [0.05, 0.1) is 0 Å². The molecule has 0 aromatic carbocycles. The second kappa shape index (κ2) is 6.95. The highest BCUT2D eigenvalue weighted by Crippen LogP contribution is 1.94. The molecule has 0 rings (SSSR count). The summed E-state index contributed by atoms with van der Waals surface area (Å²) < 4.78 is 10.8. The summed E-state index contributed by atoms with van der Waals surface area (Å²) in [6, 6.07) is -0.0346. The average molecular weight is 220 g/mol. The van der Waals surface area contributed by atoms with Crippen molar-refractivity contribution < 1.29 is 9.00 Å². The van der Waals surface area contributed by atoms with Crippen LogP contribution in [0.5, 0.6) is 0 Å². The van der Waals surface area contributed by atoms with Gasteiger partial charge in [0, 0.05) is 41.3 Å². The van der Waals surface area contributed by atoms with E-state index in [2.05, 4.69) is 5.32 Å².